The van der Waals surface area contributed by atoms with Gasteiger partial charge in [0.25, 0.3) is 0 Å². The molecule has 1 aliphatic carbocycles. The van der Waals surface area contributed by atoms with E-state index in [1.54, 1.807) is 19.1 Å². The van der Waals surface area contributed by atoms with Gasteiger partial charge in [0.05, 0.1) is 16.9 Å². The van der Waals surface area contributed by atoms with Crippen LogP contribution in [-0.2, 0) is 20.2 Å². The molecule has 21 heavy (non-hydrogen) atoms. The molecule has 7 heteroatoms. The third-order valence-electron chi connectivity index (χ3n) is 3.91. The Kier molecular flexibility index (Phi) is 4.36. The molecule has 0 aromatic heterocycles. The van der Waals surface area contributed by atoms with E-state index in [0.29, 0.717) is 18.4 Å². The molecular weight excluding hydrogens is 294 g/mol. The number of hydrogen-bond donors (Lipinski definition) is 2. The summed E-state index contributed by atoms with van der Waals surface area (Å²) in [6.07, 6.45) is 1.17. The smallest absolute Gasteiger partial charge is 0.314 e. The second kappa shape index (κ2) is 5.75. The molecule has 0 atom stereocenters. The number of aliphatic hydroxyl groups is 1. The van der Waals surface area contributed by atoms with Gasteiger partial charge in [0, 0.05) is 13.1 Å². The Labute approximate surface area is 124 Å². The van der Waals surface area contributed by atoms with Crippen molar-refractivity contribution in [3.05, 3.63) is 29.8 Å². The highest BCUT2D eigenvalue weighted by Crippen LogP contribution is 2.48. The number of sulfonamides is 1. The molecule has 0 amide bonds. The van der Waals surface area contributed by atoms with E-state index >= 15 is 0 Å². The van der Waals surface area contributed by atoms with Gasteiger partial charge in [-0.1, -0.05) is 19.1 Å². The average molecular weight is 313 g/mol. The third kappa shape index (κ3) is 2.81. The Morgan fingerprint density at radius 3 is 2.24 bits per heavy atom. The molecule has 1 aromatic carbocycles. The summed E-state index contributed by atoms with van der Waals surface area (Å²) in [6.45, 7) is 1.77. The van der Waals surface area contributed by atoms with Crippen LogP contribution < -0.4 is 0 Å². The van der Waals surface area contributed by atoms with E-state index in [4.69, 9.17) is 5.11 Å². The standard InChI is InChI=1S/C14H19NO5S/c1-2-15(9-10-16)21(19,20)12-5-3-11(4-6-12)14(7-8-14)13(17)18/h3-6,16H,2,7-10H2,1H3,(H,17,18). The van der Waals surface area contributed by atoms with Crippen molar-refractivity contribution in [2.75, 3.05) is 19.7 Å². The first-order valence-corrected chi connectivity index (χ1v) is 8.27. The fraction of sp³-hybridized carbons (Fsp3) is 0.500. The van der Waals surface area contributed by atoms with Gasteiger partial charge in [-0.05, 0) is 30.5 Å². The number of rotatable bonds is 7. The van der Waals surface area contributed by atoms with Crippen LogP contribution in [0.5, 0.6) is 0 Å². The third-order valence-corrected chi connectivity index (χ3v) is 5.89. The summed E-state index contributed by atoms with van der Waals surface area (Å²) < 4.78 is 25.9. The summed E-state index contributed by atoms with van der Waals surface area (Å²) >= 11 is 0. The Morgan fingerprint density at radius 2 is 1.86 bits per heavy atom. The SMILES string of the molecule is CCN(CCO)S(=O)(=O)c1ccc(C2(C(=O)O)CC2)cc1. The van der Waals surface area contributed by atoms with Crippen molar-refractivity contribution >= 4 is 16.0 Å². The molecule has 2 N–H and O–H groups in total. The zero-order valence-corrected chi connectivity index (χ0v) is 12.6. The highest BCUT2D eigenvalue weighted by Gasteiger charge is 2.51. The van der Waals surface area contributed by atoms with Gasteiger partial charge in [-0.25, -0.2) is 8.42 Å². The van der Waals surface area contributed by atoms with Crippen molar-refractivity contribution < 1.29 is 23.4 Å². The zero-order chi connectivity index (χ0) is 15.7. The Morgan fingerprint density at radius 1 is 1.29 bits per heavy atom. The molecule has 0 heterocycles. The van der Waals surface area contributed by atoms with Gasteiger partial charge < -0.3 is 10.2 Å². The van der Waals surface area contributed by atoms with Crippen LogP contribution in [0.15, 0.2) is 29.2 Å². The monoisotopic (exact) mass is 313 g/mol. The predicted molar refractivity (Wildman–Crippen MR) is 76.5 cm³/mol. The van der Waals surface area contributed by atoms with Crippen LogP contribution in [0.2, 0.25) is 0 Å². The van der Waals surface area contributed by atoms with Crippen LogP contribution >= 0.6 is 0 Å². The molecule has 6 nitrogen and oxygen atoms in total. The number of hydrogen-bond acceptors (Lipinski definition) is 4. The first-order chi connectivity index (χ1) is 9.88. The van der Waals surface area contributed by atoms with E-state index in [-0.39, 0.29) is 24.6 Å². The van der Waals surface area contributed by atoms with Crippen LogP contribution in [0.3, 0.4) is 0 Å². The Hall–Kier alpha value is -1.44. The van der Waals surface area contributed by atoms with Gasteiger partial charge in [0.15, 0.2) is 0 Å². The minimum absolute atomic E-state index is 0.0413. The van der Waals surface area contributed by atoms with Gasteiger partial charge in [0.2, 0.25) is 10.0 Å². The summed E-state index contributed by atoms with van der Waals surface area (Å²) in [4.78, 5) is 11.4. The number of carboxylic acid groups (broad SMARTS) is 1. The van der Waals surface area contributed by atoms with Gasteiger partial charge in [-0.15, -0.1) is 0 Å². The van der Waals surface area contributed by atoms with Gasteiger partial charge >= 0.3 is 5.97 Å². The average Bonchev–Trinajstić information content (AvgIpc) is 3.26. The van der Waals surface area contributed by atoms with Crippen molar-refractivity contribution in [3.63, 3.8) is 0 Å². The lowest BCUT2D eigenvalue weighted by molar-refractivity contribution is -0.140. The van der Waals surface area contributed by atoms with E-state index in [2.05, 4.69) is 0 Å². The largest absolute Gasteiger partial charge is 0.481 e. The van der Waals surface area contributed by atoms with E-state index < -0.39 is 21.4 Å². The maximum absolute atomic E-state index is 12.4. The highest BCUT2D eigenvalue weighted by molar-refractivity contribution is 7.89. The zero-order valence-electron chi connectivity index (χ0n) is 11.8. The minimum atomic E-state index is -3.65. The summed E-state index contributed by atoms with van der Waals surface area (Å²) in [5.74, 6) is -0.867. The maximum atomic E-state index is 12.4. The lowest BCUT2D eigenvalue weighted by atomic mass is 9.96. The van der Waals surface area contributed by atoms with E-state index in [1.807, 2.05) is 0 Å². The maximum Gasteiger partial charge on any atom is 0.314 e. The molecule has 0 unspecified atom stereocenters. The summed E-state index contributed by atoms with van der Waals surface area (Å²) in [7, 11) is -3.65. The number of carbonyl (C=O) groups is 1. The quantitative estimate of drug-likeness (QED) is 0.776. The summed E-state index contributed by atoms with van der Waals surface area (Å²) in [5.41, 5.74) is -0.197. The molecule has 0 spiro atoms. The van der Waals surface area contributed by atoms with Crippen LogP contribution in [0.25, 0.3) is 0 Å². The van der Waals surface area contributed by atoms with E-state index in [0.717, 1.165) is 0 Å². The van der Waals surface area contributed by atoms with Crippen molar-refractivity contribution in [2.24, 2.45) is 0 Å². The van der Waals surface area contributed by atoms with Crippen molar-refractivity contribution in [3.8, 4) is 0 Å². The Balaban J connectivity index is 2.29. The van der Waals surface area contributed by atoms with Crippen molar-refractivity contribution in [2.45, 2.75) is 30.1 Å². The molecule has 0 saturated heterocycles. The number of likely N-dealkylation sites (N-methyl/N-ethyl adjacent to an activating group) is 1. The van der Waals surface area contributed by atoms with Crippen molar-refractivity contribution in [1.29, 1.82) is 0 Å². The van der Waals surface area contributed by atoms with Gasteiger partial charge in [-0.2, -0.15) is 4.31 Å². The molecular formula is C14H19NO5S. The number of nitrogens with zero attached hydrogens (tertiary/aromatic N) is 1. The molecule has 0 bridgehead atoms. The fourth-order valence-electron chi connectivity index (χ4n) is 2.41. The van der Waals surface area contributed by atoms with Gasteiger partial charge in [0.1, 0.15) is 0 Å². The van der Waals surface area contributed by atoms with E-state index in [1.165, 1.54) is 16.4 Å². The van der Waals surface area contributed by atoms with Crippen LogP contribution in [0.1, 0.15) is 25.3 Å². The summed E-state index contributed by atoms with van der Waals surface area (Å²) in [6, 6.07) is 6.02. The molecule has 1 aliphatic rings. The second-order valence-corrected chi connectivity index (χ2v) is 7.07. The summed E-state index contributed by atoms with van der Waals surface area (Å²) in [5, 5.41) is 18.2. The van der Waals surface area contributed by atoms with Crippen LogP contribution in [-0.4, -0.2) is 48.6 Å². The van der Waals surface area contributed by atoms with E-state index in [9.17, 15) is 18.3 Å². The number of carboxylic acids is 1. The normalized spacial score (nSPS) is 16.9. The molecule has 1 saturated carbocycles. The molecule has 0 aliphatic heterocycles. The lowest BCUT2D eigenvalue weighted by Gasteiger charge is -2.20. The second-order valence-electron chi connectivity index (χ2n) is 5.13. The first-order valence-electron chi connectivity index (χ1n) is 6.83. The molecule has 1 aromatic rings. The number of aliphatic hydroxyl groups excluding tert-OH is 1. The Bertz CT molecular complexity index is 619. The molecule has 2 rings (SSSR count). The minimum Gasteiger partial charge on any atom is -0.481 e. The highest BCUT2D eigenvalue weighted by atomic mass is 32.2. The first kappa shape index (κ1) is 15.9. The fourth-order valence-corrected chi connectivity index (χ4v) is 3.85. The van der Waals surface area contributed by atoms with Crippen LogP contribution in [0.4, 0.5) is 0 Å². The topological polar surface area (TPSA) is 94.9 Å². The number of aliphatic carboxylic acids is 1. The molecule has 1 fully saturated rings. The lowest BCUT2D eigenvalue weighted by Crippen LogP contribution is -2.33. The van der Waals surface area contributed by atoms with Crippen LogP contribution in [0, 0.1) is 0 Å². The van der Waals surface area contributed by atoms with Crippen molar-refractivity contribution in [1.82, 2.24) is 4.31 Å². The number of benzene rings is 1. The van der Waals surface area contributed by atoms with Gasteiger partial charge in [-0.3, -0.25) is 4.79 Å². The molecule has 116 valence electrons. The predicted octanol–water partition coefficient (Wildman–Crippen LogP) is 0.806. The molecule has 0 radical (unpaired) electrons.